The van der Waals surface area contributed by atoms with Crippen molar-refractivity contribution >= 4 is 17.6 Å². The Kier molecular flexibility index (Phi) is 6.30. The summed E-state index contributed by atoms with van der Waals surface area (Å²) in [6.07, 6.45) is 1.30. The van der Waals surface area contributed by atoms with Gasteiger partial charge in [0, 0.05) is 11.7 Å². The Morgan fingerprint density at radius 1 is 1.38 bits per heavy atom. The molecule has 0 unspecified atom stereocenters. The number of hydrogen-bond donors (Lipinski definition) is 3. The van der Waals surface area contributed by atoms with E-state index in [1.807, 2.05) is 38.1 Å². The number of carbonyl (C=O) groups excluding carboxylic acids is 1. The van der Waals surface area contributed by atoms with Crippen LogP contribution in [0.1, 0.15) is 34.7 Å². The number of aryl methyl sites for hydroxylation is 1. The molecule has 29 heavy (non-hydrogen) atoms. The maximum Gasteiger partial charge on any atom is 0.307 e. The quantitative estimate of drug-likeness (QED) is 0.674. The van der Waals surface area contributed by atoms with Crippen molar-refractivity contribution in [3.8, 4) is 6.07 Å². The van der Waals surface area contributed by atoms with Crippen LogP contribution in [0.2, 0.25) is 0 Å². The first kappa shape index (κ1) is 20.6. The summed E-state index contributed by atoms with van der Waals surface area (Å²) >= 11 is 0. The summed E-state index contributed by atoms with van der Waals surface area (Å²) in [7, 11) is 0. The number of nitriles is 1. The SMILES string of the molecule is Cc1ccc(CCN[C@@H](C)[C@@H]2Cc3c(C#N)cccc3NC2=O)cc1CC(=O)O. The van der Waals surface area contributed by atoms with Gasteiger partial charge in [0.1, 0.15) is 0 Å². The Morgan fingerprint density at radius 2 is 2.17 bits per heavy atom. The van der Waals surface area contributed by atoms with Crippen molar-refractivity contribution in [3.63, 3.8) is 0 Å². The summed E-state index contributed by atoms with van der Waals surface area (Å²) in [6.45, 7) is 4.57. The van der Waals surface area contributed by atoms with E-state index in [0.29, 0.717) is 18.5 Å². The van der Waals surface area contributed by atoms with Crippen LogP contribution < -0.4 is 10.6 Å². The molecule has 0 radical (unpaired) electrons. The van der Waals surface area contributed by atoms with Crippen molar-refractivity contribution < 1.29 is 14.7 Å². The lowest BCUT2D eigenvalue weighted by atomic mass is 9.86. The number of nitrogens with zero attached hydrogens (tertiary/aromatic N) is 1. The first-order valence-electron chi connectivity index (χ1n) is 9.75. The molecule has 0 aromatic heterocycles. The summed E-state index contributed by atoms with van der Waals surface area (Å²) in [5.74, 6) is -1.12. The van der Waals surface area contributed by atoms with E-state index >= 15 is 0 Å². The monoisotopic (exact) mass is 391 g/mol. The predicted molar refractivity (Wildman–Crippen MR) is 111 cm³/mol. The zero-order valence-electron chi connectivity index (χ0n) is 16.7. The molecule has 1 aliphatic heterocycles. The number of aliphatic carboxylic acids is 1. The molecule has 0 spiro atoms. The Bertz CT molecular complexity index is 978. The molecule has 6 heteroatoms. The molecule has 0 fully saturated rings. The van der Waals surface area contributed by atoms with Crippen LogP contribution in [0.4, 0.5) is 5.69 Å². The summed E-state index contributed by atoms with van der Waals surface area (Å²) in [5.41, 5.74) is 5.09. The maximum absolute atomic E-state index is 12.5. The fourth-order valence-corrected chi connectivity index (χ4v) is 3.79. The highest BCUT2D eigenvalue weighted by atomic mass is 16.4. The summed E-state index contributed by atoms with van der Waals surface area (Å²) < 4.78 is 0. The number of nitrogens with one attached hydrogen (secondary N) is 2. The van der Waals surface area contributed by atoms with Crippen molar-refractivity contribution in [1.82, 2.24) is 5.32 Å². The summed E-state index contributed by atoms with van der Waals surface area (Å²) in [5, 5.41) is 24.7. The van der Waals surface area contributed by atoms with E-state index in [2.05, 4.69) is 16.7 Å². The number of carboxylic acid groups (broad SMARTS) is 1. The molecule has 2 aromatic carbocycles. The van der Waals surface area contributed by atoms with E-state index in [-0.39, 0.29) is 24.3 Å². The molecule has 1 aliphatic rings. The van der Waals surface area contributed by atoms with E-state index in [0.717, 1.165) is 34.4 Å². The third-order valence-electron chi connectivity index (χ3n) is 5.55. The second-order valence-electron chi connectivity index (χ2n) is 7.57. The van der Waals surface area contributed by atoms with Crippen LogP contribution in [0.25, 0.3) is 0 Å². The van der Waals surface area contributed by atoms with Gasteiger partial charge in [-0.3, -0.25) is 9.59 Å². The molecule has 2 aromatic rings. The average molecular weight is 391 g/mol. The van der Waals surface area contributed by atoms with Crippen molar-refractivity contribution in [2.45, 2.75) is 39.2 Å². The van der Waals surface area contributed by atoms with Crippen LogP contribution in [0, 0.1) is 24.2 Å². The minimum Gasteiger partial charge on any atom is -0.481 e. The zero-order chi connectivity index (χ0) is 21.0. The zero-order valence-corrected chi connectivity index (χ0v) is 16.7. The van der Waals surface area contributed by atoms with E-state index in [1.165, 1.54) is 0 Å². The minimum absolute atomic E-state index is 0.0202. The third-order valence-corrected chi connectivity index (χ3v) is 5.55. The molecule has 6 nitrogen and oxygen atoms in total. The van der Waals surface area contributed by atoms with E-state index in [1.54, 1.807) is 12.1 Å². The third kappa shape index (κ3) is 4.82. The number of benzene rings is 2. The van der Waals surface area contributed by atoms with Gasteiger partial charge in [0.25, 0.3) is 0 Å². The maximum atomic E-state index is 12.5. The van der Waals surface area contributed by atoms with Crippen LogP contribution >= 0.6 is 0 Å². The van der Waals surface area contributed by atoms with Gasteiger partial charge in [-0.25, -0.2) is 0 Å². The number of carbonyl (C=O) groups is 2. The Balaban J connectivity index is 1.61. The summed E-state index contributed by atoms with van der Waals surface area (Å²) in [4.78, 5) is 23.5. The Morgan fingerprint density at radius 3 is 2.90 bits per heavy atom. The fraction of sp³-hybridized carbons (Fsp3) is 0.348. The highest BCUT2D eigenvalue weighted by molar-refractivity contribution is 5.96. The van der Waals surface area contributed by atoms with Crippen molar-refractivity contribution in [2.24, 2.45) is 5.92 Å². The molecule has 150 valence electrons. The normalized spacial score (nSPS) is 16.4. The van der Waals surface area contributed by atoms with Gasteiger partial charge < -0.3 is 15.7 Å². The fourth-order valence-electron chi connectivity index (χ4n) is 3.79. The van der Waals surface area contributed by atoms with Crippen LogP contribution in [0.5, 0.6) is 0 Å². The minimum atomic E-state index is -0.836. The topological polar surface area (TPSA) is 102 Å². The van der Waals surface area contributed by atoms with Gasteiger partial charge in [-0.2, -0.15) is 5.26 Å². The molecule has 1 heterocycles. The van der Waals surface area contributed by atoms with Gasteiger partial charge >= 0.3 is 5.97 Å². The lowest BCUT2D eigenvalue weighted by Gasteiger charge is -2.30. The number of rotatable bonds is 7. The second-order valence-corrected chi connectivity index (χ2v) is 7.57. The number of amides is 1. The van der Waals surface area contributed by atoms with Crippen LogP contribution in [-0.2, 0) is 28.9 Å². The first-order valence-corrected chi connectivity index (χ1v) is 9.75. The van der Waals surface area contributed by atoms with Crippen LogP contribution in [0.3, 0.4) is 0 Å². The first-order chi connectivity index (χ1) is 13.9. The predicted octanol–water partition coefficient (Wildman–Crippen LogP) is 2.83. The van der Waals surface area contributed by atoms with Gasteiger partial charge in [-0.05, 0) is 67.6 Å². The lowest BCUT2D eigenvalue weighted by Crippen LogP contribution is -2.44. The van der Waals surface area contributed by atoms with Crippen LogP contribution in [-0.4, -0.2) is 29.6 Å². The number of anilines is 1. The lowest BCUT2D eigenvalue weighted by molar-refractivity contribution is -0.136. The molecule has 1 amide bonds. The van der Waals surface area contributed by atoms with Crippen molar-refractivity contribution in [1.29, 1.82) is 5.26 Å². The molecule has 3 N–H and O–H groups in total. The van der Waals surface area contributed by atoms with Gasteiger partial charge in [0.2, 0.25) is 5.91 Å². The molecule has 0 aliphatic carbocycles. The number of carboxylic acids is 1. The Labute approximate surface area is 170 Å². The van der Waals surface area contributed by atoms with Gasteiger partial charge in [-0.15, -0.1) is 0 Å². The molecule has 0 bridgehead atoms. The highest BCUT2D eigenvalue weighted by Crippen LogP contribution is 2.29. The summed E-state index contributed by atoms with van der Waals surface area (Å²) in [6, 6.07) is 13.4. The Hall–Kier alpha value is -3.17. The van der Waals surface area contributed by atoms with Gasteiger partial charge in [-0.1, -0.05) is 24.3 Å². The van der Waals surface area contributed by atoms with Crippen molar-refractivity contribution in [2.75, 3.05) is 11.9 Å². The highest BCUT2D eigenvalue weighted by Gasteiger charge is 2.31. The average Bonchev–Trinajstić information content (AvgIpc) is 2.68. The van der Waals surface area contributed by atoms with E-state index in [4.69, 9.17) is 5.11 Å². The molecular formula is C23H25N3O3. The number of hydrogen-bond acceptors (Lipinski definition) is 4. The second kappa shape index (κ2) is 8.89. The van der Waals surface area contributed by atoms with E-state index < -0.39 is 5.97 Å². The van der Waals surface area contributed by atoms with Crippen LogP contribution in [0.15, 0.2) is 36.4 Å². The molecule has 0 saturated carbocycles. The van der Waals surface area contributed by atoms with Crippen molar-refractivity contribution in [3.05, 3.63) is 64.2 Å². The standard InChI is InChI=1S/C23H25N3O3/c1-14-6-7-16(10-18(14)11-22(27)28)8-9-25-15(2)19-12-20-17(13-24)4-3-5-21(20)26-23(19)29/h3-7,10,15,19,25H,8-9,11-12H2,1-2H3,(H,26,29)(H,27,28)/t15-,19-/m0/s1. The molecular weight excluding hydrogens is 366 g/mol. The largest absolute Gasteiger partial charge is 0.481 e. The smallest absolute Gasteiger partial charge is 0.307 e. The van der Waals surface area contributed by atoms with Gasteiger partial charge in [0.05, 0.1) is 24.0 Å². The molecule has 3 rings (SSSR count). The van der Waals surface area contributed by atoms with Gasteiger partial charge in [0.15, 0.2) is 0 Å². The number of fused-ring (bicyclic) bond motifs is 1. The van der Waals surface area contributed by atoms with E-state index in [9.17, 15) is 14.9 Å². The molecule has 0 saturated heterocycles. The molecule has 2 atom stereocenters.